The highest BCUT2D eigenvalue weighted by Crippen LogP contribution is 2.15. The first-order valence-corrected chi connectivity index (χ1v) is 9.66. The lowest BCUT2D eigenvalue weighted by molar-refractivity contribution is 0.0472. The molecule has 0 aliphatic carbocycles. The Morgan fingerprint density at radius 1 is 0.897 bits per heavy atom. The fourth-order valence-corrected chi connectivity index (χ4v) is 3.33. The molecule has 0 radical (unpaired) electrons. The van der Waals surface area contributed by atoms with Crippen molar-refractivity contribution in [1.82, 2.24) is 19.7 Å². The molecule has 3 aromatic rings. The van der Waals surface area contributed by atoms with Gasteiger partial charge in [-0.05, 0) is 48.2 Å². The molecule has 0 saturated carbocycles. The van der Waals surface area contributed by atoms with Gasteiger partial charge >= 0.3 is 5.97 Å². The third-order valence-corrected chi connectivity index (χ3v) is 4.96. The maximum atomic E-state index is 12.4. The molecule has 148 valence electrons. The lowest BCUT2D eigenvalue weighted by atomic mass is 10.1. The van der Waals surface area contributed by atoms with Gasteiger partial charge in [0.25, 0.3) is 5.91 Å². The topological polar surface area (TPSA) is 77.3 Å². The maximum absolute atomic E-state index is 12.4. The van der Waals surface area contributed by atoms with Crippen LogP contribution in [0.15, 0.2) is 61.2 Å². The molecule has 2 heterocycles. The van der Waals surface area contributed by atoms with Gasteiger partial charge in [-0.15, -0.1) is 0 Å². The number of hydrogen-bond donors (Lipinski definition) is 0. The molecular formula is C22H22N4O3. The van der Waals surface area contributed by atoms with E-state index in [2.05, 4.69) is 10.1 Å². The van der Waals surface area contributed by atoms with Crippen LogP contribution in [-0.2, 0) is 17.9 Å². The van der Waals surface area contributed by atoms with Crippen LogP contribution in [0.4, 0.5) is 0 Å². The first kappa shape index (κ1) is 18.9. The van der Waals surface area contributed by atoms with Crippen LogP contribution in [0.1, 0.15) is 44.7 Å². The average Bonchev–Trinajstić information content (AvgIpc) is 3.47. The molecule has 7 heteroatoms. The molecule has 4 rings (SSSR count). The van der Waals surface area contributed by atoms with Crippen LogP contribution < -0.4 is 0 Å². The van der Waals surface area contributed by atoms with Crippen LogP contribution in [0.3, 0.4) is 0 Å². The van der Waals surface area contributed by atoms with Gasteiger partial charge in [-0.3, -0.25) is 4.79 Å². The molecule has 1 aliphatic heterocycles. The van der Waals surface area contributed by atoms with Crippen LogP contribution in [0, 0.1) is 0 Å². The highest BCUT2D eigenvalue weighted by Gasteiger charge is 2.19. The van der Waals surface area contributed by atoms with E-state index in [1.54, 1.807) is 35.3 Å². The summed E-state index contributed by atoms with van der Waals surface area (Å²) < 4.78 is 7.11. The van der Waals surface area contributed by atoms with Gasteiger partial charge in [-0.1, -0.05) is 24.3 Å². The van der Waals surface area contributed by atoms with Crippen molar-refractivity contribution in [2.45, 2.75) is 26.0 Å². The first-order chi connectivity index (χ1) is 14.2. The van der Waals surface area contributed by atoms with E-state index < -0.39 is 0 Å². The monoisotopic (exact) mass is 390 g/mol. The van der Waals surface area contributed by atoms with Gasteiger partial charge < -0.3 is 9.64 Å². The number of hydrogen-bond acceptors (Lipinski definition) is 5. The predicted molar refractivity (Wildman–Crippen MR) is 106 cm³/mol. The maximum Gasteiger partial charge on any atom is 0.338 e. The molecular weight excluding hydrogens is 368 g/mol. The molecule has 7 nitrogen and oxygen atoms in total. The Labute approximate surface area is 168 Å². The Morgan fingerprint density at radius 2 is 1.55 bits per heavy atom. The van der Waals surface area contributed by atoms with Crippen LogP contribution in [0.5, 0.6) is 0 Å². The highest BCUT2D eigenvalue weighted by atomic mass is 16.5. The molecule has 1 saturated heterocycles. The van der Waals surface area contributed by atoms with Crippen molar-refractivity contribution in [2.75, 3.05) is 13.1 Å². The molecule has 1 aromatic heterocycles. The van der Waals surface area contributed by atoms with Gasteiger partial charge in [-0.2, -0.15) is 5.10 Å². The van der Waals surface area contributed by atoms with E-state index in [-0.39, 0.29) is 18.5 Å². The second kappa shape index (κ2) is 8.68. The SMILES string of the molecule is O=C(OCc1ccc(C(=O)N2CCCC2)cc1)c1ccc(Cn2cncn2)cc1. The number of carbonyl (C=O) groups excluding carboxylic acids is 2. The number of ether oxygens (including phenoxy) is 1. The number of esters is 1. The average molecular weight is 390 g/mol. The number of amides is 1. The minimum absolute atomic E-state index is 0.0667. The summed E-state index contributed by atoms with van der Waals surface area (Å²) in [6.07, 6.45) is 5.27. The minimum atomic E-state index is -0.380. The smallest absolute Gasteiger partial charge is 0.338 e. The van der Waals surface area contributed by atoms with Gasteiger partial charge in [-0.25, -0.2) is 14.5 Å². The van der Waals surface area contributed by atoms with E-state index in [0.29, 0.717) is 17.7 Å². The third kappa shape index (κ3) is 4.68. The summed E-state index contributed by atoms with van der Waals surface area (Å²) in [5, 5.41) is 4.06. The first-order valence-electron chi connectivity index (χ1n) is 9.66. The Kier molecular flexibility index (Phi) is 5.65. The second-order valence-corrected chi connectivity index (χ2v) is 7.06. The number of benzene rings is 2. The summed E-state index contributed by atoms with van der Waals surface area (Å²) in [6.45, 7) is 2.42. The summed E-state index contributed by atoms with van der Waals surface area (Å²) in [5.74, 6) is -0.313. The fourth-order valence-electron chi connectivity index (χ4n) is 3.33. The quantitative estimate of drug-likeness (QED) is 0.605. The zero-order chi connectivity index (χ0) is 20.1. The molecule has 0 bridgehead atoms. The summed E-state index contributed by atoms with van der Waals surface area (Å²) in [6, 6.07) is 14.5. The van der Waals surface area contributed by atoms with E-state index in [1.807, 2.05) is 29.2 Å². The number of nitrogens with zero attached hydrogens (tertiary/aromatic N) is 4. The molecule has 0 N–H and O–H groups in total. The molecule has 0 atom stereocenters. The van der Waals surface area contributed by atoms with Crippen LogP contribution in [0.25, 0.3) is 0 Å². The predicted octanol–water partition coefficient (Wildman–Crippen LogP) is 2.92. The Bertz CT molecular complexity index is 960. The van der Waals surface area contributed by atoms with E-state index in [1.165, 1.54) is 6.33 Å². The summed E-state index contributed by atoms with van der Waals surface area (Å²) >= 11 is 0. The zero-order valence-electron chi connectivity index (χ0n) is 16.0. The van der Waals surface area contributed by atoms with E-state index >= 15 is 0 Å². The van der Waals surface area contributed by atoms with Crippen molar-refractivity contribution < 1.29 is 14.3 Å². The lowest BCUT2D eigenvalue weighted by Gasteiger charge is -2.15. The van der Waals surface area contributed by atoms with E-state index in [0.717, 1.165) is 37.1 Å². The second-order valence-electron chi connectivity index (χ2n) is 7.06. The molecule has 0 unspecified atom stereocenters. The van der Waals surface area contributed by atoms with Crippen molar-refractivity contribution in [3.8, 4) is 0 Å². The van der Waals surface area contributed by atoms with Crippen LogP contribution in [0.2, 0.25) is 0 Å². The Balaban J connectivity index is 1.30. The zero-order valence-corrected chi connectivity index (χ0v) is 16.0. The Morgan fingerprint density at radius 3 is 2.21 bits per heavy atom. The van der Waals surface area contributed by atoms with Crippen molar-refractivity contribution in [2.24, 2.45) is 0 Å². The van der Waals surface area contributed by atoms with Gasteiger partial charge in [0, 0.05) is 18.7 Å². The van der Waals surface area contributed by atoms with Crippen molar-refractivity contribution in [3.05, 3.63) is 83.4 Å². The fraction of sp³-hybridized carbons (Fsp3) is 0.273. The van der Waals surface area contributed by atoms with Gasteiger partial charge in [0.1, 0.15) is 19.3 Å². The van der Waals surface area contributed by atoms with Crippen molar-refractivity contribution in [1.29, 1.82) is 0 Å². The molecule has 2 aromatic carbocycles. The number of aromatic nitrogens is 3. The summed E-state index contributed by atoms with van der Waals surface area (Å²) in [4.78, 5) is 30.4. The summed E-state index contributed by atoms with van der Waals surface area (Å²) in [5.41, 5.74) is 3.03. The number of likely N-dealkylation sites (tertiary alicyclic amines) is 1. The van der Waals surface area contributed by atoms with E-state index in [9.17, 15) is 9.59 Å². The molecule has 0 spiro atoms. The van der Waals surface area contributed by atoms with Crippen molar-refractivity contribution >= 4 is 11.9 Å². The van der Waals surface area contributed by atoms with Gasteiger partial charge in [0.2, 0.25) is 0 Å². The summed E-state index contributed by atoms with van der Waals surface area (Å²) in [7, 11) is 0. The van der Waals surface area contributed by atoms with Crippen LogP contribution >= 0.6 is 0 Å². The van der Waals surface area contributed by atoms with Gasteiger partial charge in [0.05, 0.1) is 12.1 Å². The van der Waals surface area contributed by atoms with Crippen LogP contribution in [-0.4, -0.2) is 44.6 Å². The normalized spacial score (nSPS) is 13.4. The molecule has 1 amide bonds. The highest BCUT2D eigenvalue weighted by molar-refractivity contribution is 5.94. The number of rotatable bonds is 6. The molecule has 1 fully saturated rings. The largest absolute Gasteiger partial charge is 0.457 e. The third-order valence-electron chi connectivity index (χ3n) is 4.96. The lowest BCUT2D eigenvalue weighted by Crippen LogP contribution is -2.27. The number of carbonyl (C=O) groups is 2. The molecule has 29 heavy (non-hydrogen) atoms. The Hall–Kier alpha value is -3.48. The van der Waals surface area contributed by atoms with E-state index in [4.69, 9.17) is 4.74 Å². The minimum Gasteiger partial charge on any atom is -0.457 e. The molecule has 1 aliphatic rings. The van der Waals surface area contributed by atoms with Gasteiger partial charge in [0.15, 0.2) is 0 Å². The standard InChI is InChI=1S/C22H22N4O3/c27-21(25-11-1-2-12-25)19-7-5-18(6-8-19)14-29-22(28)20-9-3-17(4-10-20)13-26-16-23-15-24-26/h3-10,15-16H,1-2,11-14H2. The van der Waals surface area contributed by atoms with Crippen molar-refractivity contribution in [3.63, 3.8) is 0 Å².